The lowest BCUT2D eigenvalue weighted by Crippen LogP contribution is -2.20. The van der Waals surface area contributed by atoms with Crippen LogP contribution in [0.3, 0.4) is 0 Å². The molecule has 1 saturated heterocycles. The van der Waals surface area contributed by atoms with E-state index in [1.54, 1.807) is 25.2 Å². The summed E-state index contributed by atoms with van der Waals surface area (Å²) in [6, 6.07) is 5.16. The van der Waals surface area contributed by atoms with Gasteiger partial charge in [-0.2, -0.15) is 0 Å². The van der Waals surface area contributed by atoms with Crippen LogP contribution in [0.15, 0.2) is 27.4 Å². The van der Waals surface area contributed by atoms with Crippen LogP contribution in [-0.2, 0) is 11.8 Å². The Kier molecular flexibility index (Phi) is 3.92. The molecule has 0 bridgehead atoms. The second-order valence-electron chi connectivity index (χ2n) is 5.56. The van der Waals surface area contributed by atoms with Gasteiger partial charge in [-0.05, 0) is 43.9 Å². The number of hydrogen-bond donors (Lipinski definition) is 0. The van der Waals surface area contributed by atoms with E-state index in [0.717, 1.165) is 25.9 Å². The molecule has 1 fully saturated rings. The maximum absolute atomic E-state index is 12.2. The van der Waals surface area contributed by atoms with Crippen molar-refractivity contribution in [2.24, 2.45) is 7.05 Å². The molecule has 1 aromatic heterocycles. The van der Waals surface area contributed by atoms with E-state index in [1.807, 2.05) is 0 Å². The standard InChI is InChI=1S/C16H19NO4/c1-17-13-7-5-11(10-15(13)21-16(17)19)14(18)8-6-12-4-2-3-9-20-12/h5,7,10,12H,2-4,6,8-9H2,1H3. The van der Waals surface area contributed by atoms with Crippen molar-refractivity contribution in [2.75, 3.05) is 6.61 Å². The highest BCUT2D eigenvalue weighted by molar-refractivity contribution is 5.98. The van der Waals surface area contributed by atoms with E-state index in [4.69, 9.17) is 9.15 Å². The molecule has 1 aromatic carbocycles. The summed E-state index contributed by atoms with van der Waals surface area (Å²) in [5.41, 5.74) is 1.75. The minimum absolute atomic E-state index is 0.0672. The number of benzene rings is 1. The Morgan fingerprint density at radius 2 is 2.24 bits per heavy atom. The number of rotatable bonds is 4. The first-order chi connectivity index (χ1) is 10.1. The van der Waals surface area contributed by atoms with Crippen molar-refractivity contribution < 1.29 is 13.9 Å². The van der Waals surface area contributed by atoms with Crippen molar-refractivity contribution >= 4 is 16.9 Å². The molecule has 1 unspecified atom stereocenters. The quantitative estimate of drug-likeness (QED) is 0.812. The van der Waals surface area contributed by atoms with E-state index in [0.29, 0.717) is 23.1 Å². The first-order valence-electron chi connectivity index (χ1n) is 7.39. The van der Waals surface area contributed by atoms with Gasteiger partial charge in [0, 0.05) is 25.6 Å². The number of Topliss-reactive ketones (excluding diaryl/α,β-unsaturated/α-hetero) is 1. The highest BCUT2D eigenvalue weighted by Crippen LogP contribution is 2.20. The minimum atomic E-state index is -0.412. The monoisotopic (exact) mass is 289 g/mol. The summed E-state index contributed by atoms with van der Waals surface area (Å²) in [4.78, 5) is 23.7. The average molecular weight is 289 g/mol. The number of nitrogens with zero attached hydrogens (tertiary/aromatic N) is 1. The number of fused-ring (bicyclic) bond motifs is 1. The van der Waals surface area contributed by atoms with Gasteiger partial charge in [-0.1, -0.05) is 0 Å². The normalized spacial score (nSPS) is 19.0. The Labute approximate surface area is 122 Å². The fraction of sp³-hybridized carbons (Fsp3) is 0.500. The molecule has 1 atom stereocenters. The van der Waals surface area contributed by atoms with Crippen LogP contribution >= 0.6 is 0 Å². The van der Waals surface area contributed by atoms with E-state index >= 15 is 0 Å². The molecule has 1 aliphatic heterocycles. The third-order valence-electron chi connectivity index (χ3n) is 4.08. The smallest absolute Gasteiger partial charge is 0.408 e. The van der Waals surface area contributed by atoms with Crippen LogP contribution in [0.5, 0.6) is 0 Å². The number of hydrogen-bond acceptors (Lipinski definition) is 4. The number of ketones is 1. The second kappa shape index (κ2) is 5.85. The molecule has 0 amide bonds. The predicted molar refractivity (Wildman–Crippen MR) is 78.6 cm³/mol. The summed E-state index contributed by atoms with van der Waals surface area (Å²) < 4.78 is 12.2. The molecule has 0 saturated carbocycles. The Morgan fingerprint density at radius 1 is 1.38 bits per heavy atom. The van der Waals surface area contributed by atoms with Gasteiger partial charge in [0.25, 0.3) is 0 Å². The highest BCUT2D eigenvalue weighted by atomic mass is 16.5. The van der Waals surface area contributed by atoms with Gasteiger partial charge >= 0.3 is 5.76 Å². The average Bonchev–Trinajstić information content (AvgIpc) is 2.80. The number of aromatic nitrogens is 1. The maximum Gasteiger partial charge on any atom is 0.419 e. The van der Waals surface area contributed by atoms with Crippen LogP contribution in [0, 0.1) is 0 Å². The molecule has 2 aromatic rings. The second-order valence-corrected chi connectivity index (χ2v) is 5.56. The summed E-state index contributed by atoms with van der Waals surface area (Å²) in [5, 5.41) is 0. The Hall–Kier alpha value is -1.88. The van der Waals surface area contributed by atoms with E-state index < -0.39 is 5.76 Å². The van der Waals surface area contributed by atoms with Gasteiger partial charge in [-0.15, -0.1) is 0 Å². The third kappa shape index (κ3) is 2.93. The Morgan fingerprint density at radius 3 is 3.00 bits per heavy atom. The van der Waals surface area contributed by atoms with Crippen molar-refractivity contribution in [3.05, 3.63) is 34.3 Å². The van der Waals surface area contributed by atoms with Crippen LogP contribution in [0.1, 0.15) is 42.5 Å². The van der Waals surface area contributed by atoms with Crippen LogP contribution in [-0.4, -0.2) is 23.1 Å². The van der Waals surface area contributed by atoms with Crippen LogP contribution in [0.4, 0.5) is 0 Å². The van der Waals surface area contributed by atoms with E-state index in [1.165, 1.54) is 11.0 Å². The summed E-state index contributed by atoms with van der Waals surface area (Å²) in [6.45, 7) is 0.806. The van der Waals surface area contributed by atoms with Crippen molar-refractivity contribution in [2.45, 2.75) is 38.2 Å². The van der Waals surface area contributed by atoms with Gasteiger partial charge in [0.15, 0.2) is 11.4 Å². The molecule has 2 heterocycles. The first kappa shape index (κ1) is 14.1. The third-order valence-corrected chi connectivity index (χ3v) is 4.08. The Bertz CT molecular complexity index is 707. The van der Waals surface area contributed by atoms with E-state index in [-0.39, 0.29) is 11.9 Å². The minimum Gasteiger partial charge on any atom is -0.408 e. The molecule has 5 heteroatoms. The van der Waals surface area contributed by atoms with Crippen LogP contribution in [0.25, 0.3) is 11.1 Å². The van der Waals surface area contributed by atoms with Gasteiger partial charge in [-0.25, -0.2) is 4.79 Å². The van der Waals surface area contributed by atoms with Gasteiger partial charge < -0.3 is 9.15 Å². The molecular weight excluding hydrogens is 270 g/mol. The van der Waals surface area contributed by atoms with Gasteiger partial charge in [0.1, 0.15) is 0 Å². The van der Waals surface area contributed by atoms with Gasteiger partial charge in [0.05, 0.1) is 11.6 Å². The zero-order chi connectivity index (χ0) is 14.8. The fourth-order valence-corrected chi connectivity index (χ4v) is 2.78. The molecule has 3 rings (SSSR count). The molecule has 1 aliphatic rings. The molecule has 0 spiro atoms. The lowest BCUT2D eigenvalue weighted by molar-refractivity contribution is 0.0104. The van der Waals surface area contributed by atoms with Crippen molar-refractivity contribution in [1.82, 2.24) is 4.57 Å². The van der Waals surface area contributed by atoms with Crippen molar-refractivity contribution in [3.8, 4) is 0 Å². The van der Waals surface area contributed by atoms with E-state index in [9.17, 15) is 9.59 Å². The molecule has 0 N–H and O–H groups in total. The molecule has 112 valence electrons. The zero-order valence-corrected chi connectivity index (χ0v) is 12.1. The van der Waals surface area contributed by atoms with Gasteiger partial charge in [-0.3, -0.25) is 9.36 Å². The summed E-state index contributed by atoms with van der Waals surface area (Å²) >= 11 is 0. The fourth-order valence-electron chi connectivity index (χ4n) is 2.78. The molecule has 21 heavy (non-hydrogen) atoms. The van der Waals surface area contributed by atoms with Crippen molar-refractivity contribution in [3.63, 3.8) is 0 Å². The lowest BCUT2D eigenvalue weighted by atomic mass is 10.00. The number of carbonyl (C=O) groups excluding carboxylic acids is 1. The van der Waals surface area contributed by atoms with Crippen LogP contribution < -0.4 is 5.76 Å². The largest absolute Gasteiger partial charge is 0.419 e. The summed E-state index contributed by atoms with van der Waals surface area (Å²) in [7, 11) is 1.65. The van der Waals surface area contributed by atoms with E-state index in [2.05, 4.69) is 0 Å². The predicted octanol–water partition coefficient (Wildman–Crippen LogP) is 2.66. The molecule has 0 aliphatic carbocycles. The van der Waals surface area contributed by atoms with Crippen LogP contribution in [0.2, 0.25) is 0 Å². The SMILES string of the molecule is Cn1c(=O)oc2cc(C(=O)CCC3CCCCO3)ccc21. The maximum atomic E-state index is 12.2. The summed E-state index contributed by atoms with van der Waals surface area (Å²) in [5.74, 6) is -0.345. The number of carbonyl (C=O) groups is 1. The van der Waals surface area contributed by atoms with Gasteiger partial charge in [0.2, 0.25) is 0 Å². The molecule has 0 radical (unpaired) electrons. The number of aryl methyl sites for hydroxylation is 1. The molecular formula is C16H19NO4. The molecule has 5 nitrogen and oxygen atoms in total. The Balaban J connectivity index is 1.70. The van der Waals surface area contributed by atoms with Crippen molar-refractivity contribution in [1.29, 1.82) is 0 Å². The first-order valence-corrected chi connectivity index (χ1v) is 7.39. The zero-order valence-electron chi connectivity index (χ0n) is 12.1. The summed E-state index contributed by atoms with van der Waals surface area (Å²) in [6.07, 6.45) is 4.78. The number of ether oxygens (including phenoxy) is 1. The highest BCUT2D eigenvalue weighted by Gasteiger charge is 2.17. The number of oxazole rings is 1. The lowest BCUT2D eigenvalue weighted by Gasteiger charge is -2.22. The topological polar surface area (TPSA) is 61.4 Å².